The van der Waals surface area contributed by atoms with Crippen molar-refractivity contribution >= 4 is 5.71 Å². The minimum absolute atomic E-state index is 0.455. The predicted octanol–water partition coefficient (Wildman–Crippen LogP) is 6.07. The van der Waals surface area contributed by atoms with Gasteiger partial charge in [-0.25, -0.2) is 0 Å². The third-order valence-corrected chi connectivity index (χ3v) is 6.50. The Morgan fingerprint density at radius 3 is 2.36 bits per heavy atom. The minimum atomic E-state index is -4.26. The Hall–Kier alpha value is -2.30. The lowest BCUT2D eigenvalue weighted by molar-refractivity contribution is -0.156. The highest BCUT2D eigenvalue weighted by molar-refractivity contribution is 6.15. The Bertz CT molecular complexity index is 903. The number of rotatable bonds is 3. The van der Waals surface area contributed by atoms with Crippen LogP contribution in [0.3, 0.4) is 0 Å². The van der Waals surface area contributed by atoms with Crippen LogP contribution in [-0.4, -0.2) is 24.5 Å². The summed E-state index contributed by atoms with van der Waals surface area (Å²) in [5.74, 6) is 0.709. The molecular weight excluding hydrogens is 363 g/mol. The first-order valence-electron chi connectivity index (χ1n) is 9.69. The topological polar surface area (TPSA) is 21.6 Å². The first-order valence-corrected chi connectivity index (χ1v) is 9.69. The van der Waals surface area contributed by atoms with Gasteiger partial charge in [0.25, 0.3) is 0 Å². The molecule has 148 valence electrons. The van der Waals surface area contributed by atoms with Gasteiger partial charge in [0, 0.05) is 16.5 Å². The summed E-state index contributed by atoms with van der Waals surface area (Å²) >= 11 is 0. The fraction of sp³-hybridized carbons (Fsp3) is 0.435. The third-order valence-electron chi connectivity index (χ3n) is 6.50. The Morgan fingerprint density at radius 2 is 1.68 bits per heavy atom. The number of alkyl halides is 3. The maximum Gasteiger partial charge on any atom is 0.391 e. The number of halogens is 3. The first-order chi connectivity index (χ1) is 13.3. The summed E-state index contributed by atoms with van der Waals surface area (Å²) in [6.45, 7) is 1.98. The molecule has 0 bridgehead atoms. The van der Waals surface area contributed by atoms with Crippen molar-refractivity contribution in [2.24, 2.45) is 4.99 Å². The molecule has 2 aromatic carbocycles. The van der Waals surface area contributed by atoms with Crippen LogP contribution in [0.15, 0.2) is 53.5 Å². The highest BCUT2D eigenvalue weighted by Gasteiger charge is 2.58. The molecule has 1 fully saturated rings. The molecule has 1 aliphatic heterocycles. The summed E-state index contributed by atoms with van der Waals surface area (Å²) in [5, 5.41) is 0. The number of fused-ring (bicyclic) bond motifs is 3. The van der Waals surface area contributed by atoms with Crippen LogP contribution < -0.4 is 4.74 Å². The monoisotopic (exact) mass is 387 g/mol. The van der Waals surface area contributed by atoms with Crippen molar-refractivity contribution in [3.63, 3.8) is 0 Å². The van der Waals surface area contributed by atoms with E-state index in [2.05, 4.69) is 0 Å². The average Bonchev–Trinajstić information content (AvgIpc) is 2.67. The highest BCUT2D eigenvalue weighted by Crippen LogP contribution is 2.56. The fourth-order valence-electron chi connectivity index (χ4n) is 5.04. The molecule has 2 unspecified atom stereocenters. The van der Waals surface area contributed by atoms with Gasteiger partial charge >= 0.3 is 6.18 Å². The summed E-state index contributed by atoms with van der Waals surface area (Å²) < 4.78 is 46.3. The molecule has 0 spiro atoms. The highest BCUT2D eigenvalue weighted by atomic mass is 19.4. The van der Waals surface area contributed by atoms with Gasteiger partial charge in [0.2, 0.25) is 0 Å². The van der Waals surface area contributed by atoms with Crippen molar-refractivity contribution in [3.8, 4) is 5.75 Å². The average molecular weight is 387 g/mol. The number of aliphatic imine (C=N–C) groups is 1. The zero-order chi connectivity index (χ0) is 20.0. The van der Waals surface area contributed by atoms with E-state index in [1.165, 1.54) is 0 Å². The molecule has 2 nitrogen and oxygen atoms in total. The Morgan fingerprint density at radius 1 is 1.00 bits per heavy atom. The molecule has 1 heterocycles. The smallest absolute Gasteiger partial charge is 0.391 e. The first kappa shape index (κ1) is 19.0. The Kier molecular flexibility index (Phi) is 4.52. The largest absolute Gasteiger partial charge is 0.497 e. The van der Waals surface area contributed by atoms with E-state index in [1.54, 1.807) is 7.11 Å². The molecule has 0 N–H and O–H groups in total. The van der Waals surface area contributed by atoms with Crippen LogP contribution in [0.5, 0.6) is 5.75 Å². The molecule has 5 heteroatoms. The second-order valence-electron chi connectivity index (χ2n) is 8.10. The fourth-order valence-corrected chi connectivity index (χ4v) is 5.04. The molecule has 2 aliphatic rings. The zero-order valence-electron chi connectivity index (χ0n) is 16.1. The minimum Gasteiger partial charge on any atom is -0.497 e. The van der Waals surface area contributed by atoms with E-state index >= 15 is 0 Å². The second kappa shape index (κ2) is 6.64. The molecule has 0 saturated heterocycles. The van der Waals surface area contributed by atoms with Crippen LogP contribution in [0.2, 0.25) is 0 Å². The lowest BCUT2D eigenvalue weighted by Crippen LogP contribution is -2.56. The van der Waals surface area contributed by atoms with Crippen molar-refractivity contribution in [1.82, 2.24) is 0 Å². The molecule has 2 aromatic rings. The van der Waals surface area contributed by atoms with Gasteiger partial charge in [-0.3, -0.25) is 4.99 Å². The predicted molar refractivity (Wildman–Crippen MR) is 104 cm³/mol. The normalized spacial score (nSPS) is 26.8. The van der Waals surface area contributed by atoms with Crippen molar-refractivity contribution < 1.29 is 17.9 Å². The van der Waals surface area contributed by atoms with Gasteiger partial charge in [-0.2, -0.15) is 13.2 Å². The van der Waals surface area contributed by atoms with Gasteiger partial charge in [0.15, 0.2) is 0 Å². The summed E-state index contributed by atoms with van der Waals surface area (Å²) in [6.07, 6.45) is -2.27. The van der Waals surface area contributed by atoms with Crippen LogP contribution >= 0.6 is 0 Å². The quantitative estimate of drug-likeness (QED) is 0.626. The molecule has 4 rings (SSSR count). The van der Waals surface area contributed by atoms with E-state index in [0.29, 0.717) is 17.9 Å². The van der Waals surface area contributed by atoms with Gasteiger partial charge in [0.05, 0.1) is 24.8 Å². The molecule has 0 aromatic heterocycles. The Labute approximate surface area is 163 Å². The van der Waals surface area contributed by atoms with Gasteiger partial charge < -0.3 is 4.74 Å². The van der Waals surface area contributed by atoms with E-state index in [-0.39, 0.29) is 0 Å². The van der Waals surface area contributed by atoms with Crippen LogP contribution in [0, 0.1) is 0 Å². The van der Waals surface area contributed by atoms with Crippen molar-refractivity contribution in [2.45, 2.75) is 56.2 Å². The maximum atomic E-state index is 13.7. The summed E-state index contributed by atoms with van der Waals surface area (Å²) in [4.78, 5) is 4.92. The van der Waals surface area contributed by atoms with Crippen molar-refractivity contribution in [1.29, 1.82) is 0 Å². The SMILES string of the molecule is COc1ccc(C2=NC3(CC(F)(F)F)CCCCC3(C)c3ccccc32)cc1. The number of benzene rings is 2. The molecule has 1 saturated carbocycles. The van der Waals surface area contributed by atoms with E-state index in [4.69, 9.17) is 9.73 Å². The van der Waals surface area contributed by atoms with Gasteiger partial charge in [-0.05, 0) is 42.7 Å². The standard InChI is InChI=1S/C23H24F3NO/c1-21-13-5-6-14-22(21,15-23(24,25)26)27-20(18-7-3-4-8-19(18)21)16-9-11-17(28-2)12-10-16/h3-4,7-12H,5-6,13-15H2,1-2H3. The lowest BCUT2D eigenvalue weighted by atomic mass is 9.55. The number of ether oxygens (including phenoxy) is 1. The van der Waals surface area contributed by atoms with E-state index < -0.39 is 23.6 Å². The molecule has 0 radical (unpaired) electrons. The van der Waals surface area contributed by atoms with Crippen LogP contribution in [0.1, 0.15) is 55.7 Å². The molecule has 0 amide bonds. The number of methoxy groups -OCH3 is 1. The van der Waals surface area contributed by atoms with E-state index in [9.17, 15) is 13.2 Å². The molecule has 28 heavy (non-hydrogen) atoms. The van der Waals surface area contributed by atoms with Gasteiger partial charge in [0.1, 0.15) is 5.75 Å². The summed E-state index contributed by atoms with van der Waals surface area (Å²) in [6, 6.07) is 15.2. The molecule has 2 atom stereocenters. The molecular formula is C23H24F3NO. The Balaban J connectivity index is 1.94. The summed E-state index contributed by atoms with van der Waals surface area (Å²) in [7, 11) is 1.59. The lowest BCUT2D eigenvalue weighted by Gasteiger charge is -2.53. The number of hydrogen-bond donors (Lipinski definition) is 0. The van der Waals surface area contributed by atoms with Crippen molar-refractivity contribution in [3.05, 3.63) is 65.2 Å². The van der Waals surface area contributed by atoms with Gasteiger partial charge in [-0.15, -0.1) is 0 Å². The number of hydrogen-bond acceptors (Lipinski definition) is 2. The van der Waals surface area contributed by atoms with Crippen molar-refractivity contribution in [2.75, 3.05) is 7.11 Å². The van der Waals surface area contributed by atoms with E-state index in [0.717, 1.165) is 36.0 Å². The number of nitrogens with zero attached hydrogens (tertiary/aromatic N) is 1. The summed E-state index contributed by atoms with van der Waals surface area (Å²) in [5.41, 5.74) is 1.62. The van der Waals surface area contributed by atoms with E-state index in [1.807, 2.05) is 55.5 Å². The van der Waals surface area contributed by atoms with Crippen LogP contribution in [-0.2, 0) is 5.41 Å². The third kappa shape index (κ3) is 3.01. The molecule has 1 aliphatic carbocycles. The second-order valence-corrected chi connectivity index (χ2v) is 8.10. The van der Waals surface area contributed by atoms with Gasteiger partial charge in [-0.1, -0.05) is 44.0 Å². The van der Waals surface area contributed by atoms with Crippen LogP contribution in [0.25, 0.3) is 0 Å². The zero-order valence-corrected chi connectivity index (χ0v) is 16.1. The maximum absolute atomic E-state index is 13.7. The van der Waals surface area contributed by atoms with Crippen LogP contribution in [0.4, 0.5) is 13.2 Å².